The number of ether oxygens (including phenoxy) is 2. The van der Waals surface area contributed by atoms with Crippen LogP contribution < -0.4 is 5.56 Å². The zero-order valence-electron chi connectivity index (χ0n) is 9.62. The smallest absolute Gasteiger partial charge is 0.354 e. The minimum absolute atomic E-state index is 0.185. The van der Waals surface area contributed by atoms with Crippen LogP contribution in [0.15, 0.2) is 17.1 Å². The molecule has 0 N–H and O–H groups in total. The standard InChI is InChI=1S/C10H11ClF3NO3/c1-17-8(18-2)5-15-4-6(10(12,13)14)3-7(11)9(15)16/h3-4,8H,5H2,1-2H3. The van der Waals surface area contributed by atoms with Gasteiger partial charge in [-0.15, -0.1) is 0 Å². The Hall–Kier alpha value is -1.05. The Morgan fingerprint density at radius 3 is 2.39 bits per heavy atom. The van der Waals surface area contributed by atoms with Crippen molar-refractivity contribution in [2.45, 2.75) is 19.0 Å². The molecule has 0 amide bonds. The Morgan fingerprint density at radius 2 is 1.94 bits per heavy atom. The van der Waals surface area contributed by atoms with E-state index in [0.29, 0.717) is 12.3 Å². The first kappa shape index (κ1) is 15.0. The third-order valence-corrected chi connectivity index (χ3v) is 2.51. The highest BCUT2D eigenvalue weighted by molar-refractivity contribution is 6.30. The maximum atomic E-state index is 12.5. The van der Waals surface area contributed by atoms with Crippen molar-refractivity contribution in [3.8, 4) is 0 Å². The summed E-state index contributed by atoms with van der Waals surface area (Å²) in [6, 6.07) is 0.592. The van der Waals surface area contributed by atoms with E-state index < -0.39 is 28.6 Å². The number of hydrogen-bond donors (Lipinski definition) is 0. The van der Waals surface area contributed by atoms with Crippen LogP contribution in [-0.2, 0) is 22.2 Å². The second-order valence-electron chi connectivity index (χ2n) is 3.43. The Kier molecular flexibility index (Phi) is 4.78. The molecule has 0 aromatic carbocycles. The van der Waals surface area contributed by atoms with E-state index in [0.717, 1.165) is 4.57 Å². The number of halogens is 4. The SMILES string of the molecule is COC(Cn1cc(C(F)(F)F)cc(Cl)c1=O)OC. The molecular weight excluding hydrogens is 275 g/mol. The first-order valence-electron chi connectivity index (χ1n) is 4.82. The minimum atomic E-state index is -4.57. The van der Waals surface area contributed by atoms with Crippen LogP contribution >= 0.6 is 11.6 Å². The van der Waals surface area contributed by atoms with Crippen molar-refractivity contribution < 1.29 is 22.6 Å². The van der Waals surface area contributed by atoms with Gasteiger partial charge in [0, 0.05) is 20.4 Å². The maximum absolute atomic E-state index is 12.5. The van der Waals surface area contributed by atoms with Gasteiger partial charge in [0.05, 0.1) is 12.1 Å². The lowest BCUT2D eigenvalue weighted by Gasteiger charge is -2.16. The van der Waals surface area contributed by atoms with Gasteiger partial charge in [0.1, 0.15) is 5.02 Å². The third-order valence-electron chi connectivity index (χ3n) is 2.24. The summed E-state index contributed by atoms with van der Waals surface area (Å²) in [5.41, 5.74) is -1.73. The van der Waals surface area contributed by atoms with Gasteiger partial charge in [0.15, 0.2) is 6.29 Å². The summed E-state index contributed by atoms with van der Waals surface area (Å²) in [7, 11) is 2.63. The normalized spacial score (nSPS) is 12.2. The van der Waals surface area contributed by atoms with Crippen molar-refractivity contribution in [3.05, 3.63) is 33.2 Å². The van der Waals surface area contributed by atoms with Crippen molar-refractivity contribution in [2.75, 3.05) is 14.2 Å². The quantitative estimate of drug-likeness (QED) is 0.796. The van der Waals surface area contributed by atoms with Crippen LogP contribution in [-0.4, -0.2) is 25.1 Å². The largest absolute Gasteiger partial charge is 0.417 e. The molecule has 102 valence electrons. The summed E-state index contributed by atoms with van der Waals surface area (Å²) in [6.07, 6.45) is -4.73. The van der Waals surface area contributed by atoms with Crippen LogP contribution in [0, 0.1) is 0 Å². The van der Waals surface area contributed by atoms with Gasteiger partial charge in [-0.2, -0.15) is 13.2 Å². The van der Waals surface area contributed by atoms with Crippen LogP contribution in [0.2, 0.25) is 5.02 Å². The van der Waals surface area contributed by atoms with Gasteiger partial charge in [0.25, 0.3) is 5.56 Å². The number of hydrogen-bond acceptors (Lipinski definition) is 3. The molecule has 0 fully saturated rings. The van der Waals surface area contributed by atoms with Crippen molar-refractivity contribution in [3.63, 3.8) is 0 Å². The Balaban J connectivity index is 3.19. The Morgan fingerprint density at radius 1 is 1.39 bits per heavy atom. The lowest BCUT2D eigenvalue weighted by atomic mass is 10.2. The first-order chi connectivity index (χ1) is 8.29. The average Bonchev–Trinajstić information content (AvgIpc) is 2.29. The van der Waals surface area contributed by atoms with E-state index in [4.69, 9.17) is 21.1 Å². The Labute approximate surface area is 106 Å². The summed E-state index contributed by atoms with van der Waals surface area (Å²) in [5, 5.41) is -0.504. The van der Waals surface area contributed by atoms with Crippen LogP contribution in [0.3, 0.4) is 0 Å². The molecule has 18 heavy (non-hydrogen) atoms. The number of methoxy groups -OCH3 is 2. The van der Waals surface area contributed by atoms with Crippen LogP contribution in [0.25, 0.3) is 0 Å². The molecule has 0 radical (unpaired) electrons. The lowest BCUT2D eigenvalue weighted by Crippen LogP contribution is -2.30. The van der Waals surface area contributed by atoms with Crippen molar-refractivity contribution >= 4 is 11.6 Å². The first-order valence-corrected chi connectivity index (χ1v) is 5.20. The summed E-state index contributed by atoms with van der Waals surface area (Å²) >= 11 is 5.48. The highest BCUT2D eigenvalue weighted by atomic mass is 35.5. The van der Waals surface area contributed by atoms with E-state index in [9.17, 15) is 18.0 Å². The van der Waals surface area contributed by atoms with Crippen molar-refractivity contribution in [1.82, 2.24) is 4.57 Å². The van der Waals surface area contributed by atoms with Gasteiger partial charge in [-0.3, -0.25) is 4.79 Å². The molecule has 1 aromatic heterocycles. The Bertz CT molecular complexity index is 468. The van der Waals surface area contributed by atoms with Crippen LogP contribution in [0.1, 0.15) is 5.56 Å². The van der Waals surface area contributed by atoms with E-state index in [2.05, 4.69) is 0 Å². The number of nitrogens with zero attached hydrogens (tertiary/aromatic N) is 1. The molecule has 1 heterocycles. The molecule has 0 saturated carbocycles. The summed E-state index contributed by atoms with van der Waals surface area (Å²) in [6.45, 7) is -0.185. The highest BCUT2D eigenvalue weighted by Gasteiger charge is 2.32. The van der Waals surface area contributed by atoms with Crippen LogP contribution in [0.4, 0.5) is 13.2 Å². The summed E-state index contributed by atoms with van der Waals surface area (Å²) in [4.78, 5) is 11.6. The van der Waals surface area contributed by atoms with Gasteiger partial charge in [-0.1, -0.05) is 11.6 Å². The third kappa shape index (κ3) is 3.47. The predicted molar refractivity (Wildman–Crippen MR) is 58.5 cm³/mol. The minimum Gasteiger partial charge on any atom is -0.354 e. The molecule has 4 nitrogen and oxygen atoms in total. The highest BCUT2D eigenvalue weighted by Crippen LogP contribution is 2.29. The van der Waals surface area contributed by atoms with Crippen molar-refractivity contribution in [1.29, 1.82) is 0 Å². The fourth-order valence-electron chi connectivity index (χ4n) is 1.30. The lowest BCUT2D eigenvalue weighted by molar-refractivity contribution is -0.138. The van der Waals surface area contributed by atoms with E-state index in [1.165, 1.54) is 14.2 Å². The van der Waals surface area contributed by atoms with Gasteiger partial charge in [-0.05, 0) is 6.07 Å². The van der Waals surface area contributed by atoms with Gasteiger partial charge in [0.2, 0.25) is 0 Å². The number of pyridine rings is 1. The monoisotopic (exact) mass is 285 g/mol. The molecule has 0 aliphatic heterocycles. The molecule has 0 aliphatic rings. The predicted octanol–water partition coefficient (Wildman–Crippen LogP) is 2.14. The molecule has 0 bridgehead atoms. The van der Waals surface area contributed by atoms with E-state index in [-0.39, 0.29) is 6.54 Å². The molecule has 8 heteroatoms. The molecule has 0 spiro atoms. The molecule has 1 aromatic rings. The second kappa shape index (κ2) is 5.73. The number of aromatic nitrogens is 1. The average molecular weight is 286 g/mol. The molecular formula is C10H11ClF3NO3. The number of alkyl halides is 3. The van der Waals surface area contributed by atoms with Gasteiger partial charge >= 0.3 is 6.18 Å². The van der Waals surface area contributed by atoms with E-state index >= 15 is 0 Å². The van der Waals surface area contributed by atoms with Crippen molar-refractivity contribution in [2.24, 2.45) is 0 Å². The van der Waals surface area contributed by atoms with Crippen LogP contribution in [0.5, 0.6) is 0 Å². The second-order valence-corrected chi connectivity index (χ2v) is 3.84. The molecule has 0 saturated heterocycles. The van der Waals surface area contributed by atoms with Gasteiger partial charge in [-0.25, -0.2) is 0 Å². The molecule has 0 unspecified atom stereocenters. The summed E-state index contributed by atoms with van der Waals surface area (Å²) < 4.78 is 48.1. The molecule has 1 rings (SSSR count). The van der Waals surface area contributed by atoms with Gasteiger partial charge < -0.3 is 14.0 Å². The number of rotatable bonds is 4. The van der Waals surface area contributed by atoms with E-state index in [1.807, 2.05) is 0 Å². The fraction of sp³-hybridized carbons (Fsp3) is 0.500. The van der Waals surface area contributed by atoms with E-state index in [1.54, 1.807) is 0 Å². The maximum Gasteiger partial charge on any atom is 0.417 e. The zero-order chi connectivity index (χ0) is 13.9. The fourth-order valence-corrected chi connectivity index (χ4v) is 1.52. The summed E-state index contributed by atoms with van der Waals surface area (Å²) in [5.74, 6) is 0. The topological polar surface area (TPSA) is 40.5 Å². The zero-order valence-corrected chi connectivity index (χ0v) is 10.4. The molecule has 0 atom stereocenters. The molecule has 0 aliphatic carbocycles.